The number of nitrogens with one attached hydrogen (secondary N) is 1. The van der Waals surface area contributed by atoms with E-state index in [0.29, 0.717) is 19.4 Å². The summed E-state index contributed by atoms with van der Waals surface area (Å²) < 4.78 is 38.7. The summed E-state index contributed by atoms with van der Waals surface area (Å²) in [5.41, 5.74) is -0.916. The van der Waals surface area contributed by atoms with Crippen molar-refractivity contribution in [1.29, 1.82) is 0 Å². The van der Waals surface area contributed by atoms with Gasteiger partial charge in [0.1, 0.15) is 6.04 Å². The van der Waals surface area contributed by atoms with Gasteiger partial charge in [-0.15, -0.1) is 0 Å². The number of hydrogen-bond donors (Lipinski definition) is 1. The predicted octanol–water partition coefficient (Wildman–Crippen LogP) is 4.01. The van der Waals surface area contributed by atoms with Crippen LogP contribution in [-0.2, 0) is 22.3 Å². The van der Waals surface area contributed by atoms with Crippen molar-refractivity contribution < 1.29 is 22.8 Å². The summed E-state index contributed by atoms with van der Waals surface area (Å²) in [6, 6.07) is 2.98. The molecule has 1 atom stereocenters. The number of hydrogen-bond acceptors (Lipinski definition) is 2. The highest BCUT2D eigenvalue weighted by atomic mass is 35.5. The average Bonchev–Trinajstić information content (AvgIpc) is 2.84. The molecule has 1 aliphatic heterocycles. The van der Waals surface area contributed by atoms with Gasteiger partial charge in [0.25, 0.3) is 0 Å². The van der Waals surface area contributed by atoms with E-state index in [0.717, 1.165) is 6.07 Å². The largest absolute Gasteiger partial charge is 0.417 e. The lowest BCUT2D eigenvalue weighted by molar-refractivity contribution is -0.137. The van der Waals surface area contributed by atoms with Gasteiger partial charge in [-0.25, -0.2) is 0 Å². The molecule has 1 heterocycles. The third-order valence-electron chi connectivity index (χ3n) is 4.11. The molecule has 1 N–H and O–H groups in total. The smallest absolute Gasteiger partial charge is 0.350 e. The minimum absolute atomic E-state index is 0.0859. The number of benzene rings is 1. The first-order chi connectivity index (χ1) is 11.9. The predicted molar refractivity (Wildman–Crippen MR) is 92.5 cm³/mol. The van der Waals surface area contributed by atoms with Crippen molar-refractivity contribution in [2.24, 2.45) is 5.41 Å². The number of amides is 2. The zero-order chi connectivity index (χ0) is 19.7. The fraction of sp³-hybridized carbons (Fsp3) is 0.556. The molecule has 0 radical (unpaired) electrons. The van der Waals surface area contributed by atoms with Crippen LogP contribution in [0.15, 0.2) is 18.2 Å². The first kappa shape index (κ1) is 20.6. The fourth-order valence-corrected chi connectivity index (χ4v) is 3.25. The van der Waals surface area contributed by atoms with Gasteiger partial charge in [0, 0.05) is 19.5 Å². The fourth-order valence-electron chi connectivity index (χ4n) is 2.95. The second-order valence-electron chi connectivity index (χ2n) is 7.63. The molecule has 144 valence electrons. The zero-order valence-electron chi connectivity index (χ0n) is 14.9. The molecular formula is C18H22ClF3N2O2. The highest BCUT2D eigenvalue weighted by molar-refractivity contribution is 6.32. The van der Waals surface area contributed by atoms with E-state index >= 15 is 0 Å². The molecule has 0 bridgehead atoms. The van der Waals surface area contributed by atoms with Gasteiger partial charge in [0.15, 0.2) is 0 Å². The first-order valence-corrected chi connectivity index (χ1v) is 8.70. The Bertz CT molecular complexity index is 699. The molecule has 1 aromatic rings. The van der Waals surface area contributed by atoms with Gasteiger partial charge in [-0.2, -0.15) is 13.2 Å². The van der Waals surface area contributed by atoms with Gasteiger partial charge in [0.05, 0.1) is 10.6 Å². The molecule has 8 heteroatoms. The van der Waals surface area contributed by atoms with E-state index in [1.54, 1.807) is 4.90 Å². The highest BCUT2D eigenvalue weighted by Crippen LogP contribution is 2.36. The van der Waals surface area contributed by atoms with Crippen molar-refractivity contribution in [2.75, 3.05) is 6.54 Å². The number of nitrogens with zero attached hydrogens (tertiary/aromatic N) is 1. The lowest BCUT2D eigenvalue weighted by atomic mass is 9.95. The molecular weight excluding hydrogens is 369 g/mol. The topological polar surface area (TPSA) is 49.4 Å². The molecule has 1 aromatic carbocycles. The summed E-state index contributed by atoms with van der Waals surface area (Å²) in [5.74, 6) is -0.467. The van der Waals surface area contributed by atoms with Crippen molar-refractivity contribution in [2.45, 2.75) is 52.4 Å². The number of alkyl halides is 3. The second kappa shape index (κ2) is 7.47. The number of carbonyl (C=O) groups is 2. The van der Waals surface area contributed by atoms with Crippen molar-refractivity contribution >= 4 is 23.4 Å². The van der Waals surface area contributed by atoms with Gasteiger partial charge in [-0.1, -0.05) is 44.5 Å². The van der Waals surface area contributed by atoms with Crippen molar-refractivity contribution in [3.63, 3.8) is 0 Å². The molecule has 0 aromatic heterocycles. The SMILES string of the molecule is CC(C)(C)CN1C(=O)CCC1C(=O)NCc1cccc(C(F)(F)F)c1Cl. The maximum Gasteiger partial charge on any atom is 0.417 e. The van der Waals surface area contributed by atoms with E-state index in [4.69, 9.17) is 11.6 Å². The number of likely N-dealkylation sites (tertiary alicyclic amines) is 1. The number of carbonyl (C=O) groups excluding carboxylic acids is 2. The van der Waals surface area contributed by atoms with Crippen LogP contribution in [0.3, 0.4) is 0 Å². The number of halogens is 4. The van der Waals surface area contributed by atoms with E-state index in [9.17, 15) is 22.8 Å². The Labute approximate surface area is 155 Å². The van der Waals surface area contributed by atoms with Crippen LogP contribution in [0.2, 0.25) is 5.02 Å². The Morgan fingerprint density at radius 1 is 1.31 bits per heavy atom. The van der Waals surface area contributed by atoms with Gasteiger partial charge in [-0.3, -0.25) is 9.59 Å². The maximum absolute atomic E-state index is 12.9. The second-order valence-corrected chi connectivity index (χ2v) is 8.01. The minimum Gasteiger partial charge on any atom is -0.350 e. The number of rotatable bonds is 4. The molecule has 0 aliphatic carbocycles. The average molecular weight is 391 g/mol. The summed E-state index contributed by atoms with van der Waals surface area (Å²) in [4.78, 5) is 26.1. The van der Waals surface area contributed by atoms with Gasteiger partial charge in [0.2, 0.25) is 11.8 Å². The van der Waals surface area contributed by atoms with Crippen LogP contribution in [0, 0.1) is 5.41 Å². The van der Waals surface area contributed by atoms with Crippen molar-refractivity contribution in [3.8, 4) is 0 Å². The van der Waals surface area contributed by atoms with Crippen LogP contribution in [0.1, 0.15) is 44.7 Å². The molecule has 0 saturated carbocycles. The van der Waals surface area contributed by atoms with Gasteiger partial charge in [-0.05, 0) is 23.5 Å². The maximum atomic E-state index is 12.9. The van der Waals surface area contributed by atoms with Crippen molar-refractivity contribution in [3.05, 3.63) is 34.3 Å². The Morgan fingerprint density at radius 2 is 1.96 bits per heavy atom. The van der Waals surface area contributed by atoms with Crippen LogP contribution < -0.4 is 5.32 Å². The molecule has 2 amide bonds. The van der Waals surface area contributed by atoms with Gasteiger partial charge < -0.3 is 10.2 Å². The van der Waals surface area contributed by atoms with Crippen LogP contribution in [0.5, 0.6) is 0 Å². The van der Waals surface area contributed by atoms with E-state index < -0.39 is 22.8 Å². The lowest BCUT2D eigenvalue weighted by Gasteiger charge is -2.30. The summed E-state index contributed by atoms with van der Waals surface area (Å²) in [6.07, 6.45) is -3.87. The third-order valence-corrected chi connectivity index (χ3v) is 4.56. The van der Waals surface area contributed by atoms with Crippen LogP contribution in [-0.4, -0.2) is 29.3 Å². The Balaban J connectivity index is 2.08. The van der Waals surface area contributed by atoms with Crippen molar-refractivity contribution in [1.82, 2.24) is 10.2 Å². The molecule has 1 saturated heterocycles. The summed E-state index contributed by atoms with van der Waals surface area (Å²) in [5, 5.41) is 2.19. The normalized spacial score (nSPS) is 18.3. The molecule has 1 fully saturated rings. The van der Waals surface area contributed by atoms with E-state index in [2.05, 4.69) is 5.32 Å². The molecule has 4 nitrogen and oxygen atoms in total. The molecule has 2 rings (SSSR count). The van der Waals surface area contributed by atoms with Crippen LogP contribution in [0.25, 0.3) is 0 Å². The summed E-state index contributed by atoms with van der Waals surface area (Å²) in [7, 11) is 0. The van der Waals surface area contributed by atoms with Gasteiger partial charge >= 0.3 is 6.18 Å². The van der Waals surface area contributed by atoms with Crippen LogP contribution in [0.4, 0.5) is 13.2 Å². The standard InChI is InChI=1S/C18H22ClF3N2O2/c1-17(2,3)10-24-13(7-8-14(24)25)16(26)23-9-11-5-4-6-12(15(11)19)18(20,21)22/h4-6,13H,7-10H2,1-3H3,(H,23,26). The Morgan fingerprint density at radius 3 is 2.54 bits per heavy atom. The molecule has 1 unspecified atom stereocenters. The minimum atomic E-state index is -4.56. The molecule has 1 aliphatic rings. The molecule has 0 spiro atoms. The Kier molecular flexibility index (Phi) is 5.90. The first-order valence-electron chi connectivity index (χ1n) is 8.32. The monoisotopic (exact) mass is 390 g/mol. The summed E-state index contributed by atoms with van der Waals surface area (Å²) >= 11 is 5.84. The Hall–Kier alpha value is -1.76. The van der Waals surface area contributed by atoms with E-state index in [1.807, 2.05) is 20.8 Å². The highest BCUT2D eigenvalue weighted by Gasteiger charge is 2.38. The van der Waals surface area contributed by atoms with E-state index in [-0.39, 0.29) is 29.3 Å². The van der Waals surface area contributed by atoms with Crippen LogP contribution >= 0.6 is 11.6 Å². The lowest BCUT2D eigenvalue weighted by Crippen LogP contribution is -2.47. The van der Waals surface area contributed by atoms with E-state index in [1.165, 1.54) is 12.1 Å². The summed E-state index contributed by atoms with van der Waals surface area (Å²) in [6.45, 7) is 6.21. The third kappa shape index (κ3) is 4.90. The zero-order valence-corrected chi connectivity index (χ0v) is 15.7. The molecule has 26 heavy (non-hydrogen) atoms. The quantitative estimate of drug-likeness (QED) is 0.844.